The molecular weight excluding hydrogens is 323 g/mol. The molecule has 0 aromatic heterocycles. The number of hydrogen-bond acceptors (Lipinski definition) is 2. The van der Waals surface area contributed by atoms with Gasteiger partial charge < -0.3 is 5.32 Å². The summed E-state index contributed by atoms with van der Waals surface area (Å²) in [6.45, 7) is 4.69. The Morgan fingerprint density at radius 2 is 1.88 bits per heavy atom. The topological polar surface area (TPSA) is 15.3 Å². The van der Waals surface area contributed by atoms with Gasteiger partial charge in [-0.05, 0) is 53.0 Å². The predicted octanol–water partition coefficient (Wildman–Crippen LogP) is 2.65. The zero-order valence-corrected chi connectivity index (χ0v) is 12.2. The highest BCUT2D eigenvalue weighted by Crippen LogP contribution is 2.45. The van der Waals surface area contributed by atoms with Crippen LogP contribution in [0, 0.1) is 9.49 Å². The lowest BCUT2D eigenvalue weighted by Gasteiger charge is -2.36. The molecule has 2 fully saturated rings. The summed E-state index contributed by atoms with van der Waals surface area (Å²) in [5.41, 5.74) is 1.55. The standard InChI is InChI=1S/C14H19IN2/c15-13-4-2-1-3-12(13)14(11-5-6-11)17-9-7-16-8-10-17/h1-4,11,14,16H,5-10H2/t14-/m0/s1. The third-order valence-electron chi connectivity index (χ3n) is 3.84. The van der Waals surface area contributed by atoms with Crippen molar-refractivity contribution < 1.29 is 0 Å². The number of rotatable bonds is 3. The fraction of sp³-hybridized carbons (Fsp3) is 0.571. The quantitative estimate of drug-likeness (QED) is 0.850. The molecule has 1 atom stereocenters. The fourth-order valence-electron chi connectivity index (χ4n) is 2.84. The first-order valence-electron chi connectivity index (χ1n) is 6.55. The van der Waals surface area contributed by atoms with Crippen LogP contribution in [0.1, 0.15) is 24.4 Å². The molecule has 0 unspecified atom stereocenters. The molecule has 1 aliphatic carbocycles. The van der Waals surface area contributed by atoms with E-state index in [9.17, 15) is 0 Å². The van der Waals surface area contributed by atoms with Gasteiger partial charge in [0.1, 0.15) is 0 Å². The number of benzene rings is 1. The van der Waals surface area contributed by atoms with Gasteiger partial charge >= 0.3 is 0 Å². The normalized spacial score (nSPS) is 23.6. The number of nitrogens with zero attached hydrogens (tertiary/aromatic N) is 1. The molecule has 0 spiro atoms. The molecule has 2 nitrogen and oxygen atoms in total. The Hall–Kier alpha value is -0.130. The van der Waals surface area contributed by atoms with Crippen molar-refractivity contribution in [1.82, 2.24) is 10.2 Å². The predicted molar refractivity (Wildman–Crippen MR) is 79.1 cm³/mol. The van der Waals surface area contributed by atoms with Crippen LogP contribution in [0.15, 0.2) is 24.3 Å². The van der Waals surface area contributed by atoms with Crippen molar-refractivity contribution >= 4 is 22.6 Å². The molecule has 1 aromatic carbocycles. The molecule has 1 heterocycles. The third-order valence-corrected chi connectivity index (χ3v) is 4.82. The number of nitrogens with one attached hydrogen (secondary N) is 1. The van der Waals surface area contributed by atoms with Gasteiger partial charge in [-0.25, -0.2) is 0 Å². The monoisotopic (exact) mass is 342 g/mol. The molecule has 1 saturated carbocycles. The van der Waals surface area contributed by atoms with Crippen molar-refractivity contribution in [2.45, 2.75) is 18.9 Å². The van der Waals surface area contributed by atoms with E-state index in [1.807, 2.05) is 0 Å². The largest absolute Gasteiger partial charge is 0.314 e. The van der Waals surface area contributed by atoms with Gasteiger partial charge in [0, 0.05) is 35.8 Å². The molecular formula is C14H19IN2. The van der Waals surface area contributed by atoms with Crippen molar-refractivity contribution in [3.63, 3.8) is 0 Å². The SMILES string of the molecule is Ic1ccccc1[C@H](C1CC1)N1CCNCC1. The van der Waals surface area contributed by atoms with Gasteiger partial charge in [-0.2, -0.15) is 0 Å². The molecule has 3 heteroatoms. The van der Waals surface area contributed by atoms with Gasteiger partial charge in [0.2, 0.25) is 0 Å². The van der Waals surface area contributed by atoms with Crippen LogP contribution in [-0.2, 0) is 0 Å². The van der Waals surface area contributed by atoms with E-state index in [2.05, 4.69) is 57.1 Å². The molecule has 2 aliphatic rings. The molecule has 0 amide bonds. The fourth-order valence-corrected chi connectivity index (χ4v) is 3.54. The van der Waals surface area contributed by atoms with E-state index in [1.165, 1.54) is 29.5 Å². The molecule has 92 valence electrons. The van der Waals surface area contributed by atoms with Crippen LogP contribution in [0.2, 0.25) is 0 Å². The summed E-state index contributed by atoms with van der Waals surface area (Å²) < 4.78 is 1.43. The van der Waals surface area contributed by atoms with E-state index < -0.39 is 0 Å². The summed E-state index contributed by atoms with van der Waals surface area (Å²) in [5.74, 6) is 0.906. The van der Waals surface area contributed by atoms with Crippen LogP contribution in [0.4, 0.5) is 0 Å². The second kappa shape index (κ2) is 5.24. The van der Waals surface area contributed by atoms with E-state index in [0.29, 0.717) is 6.04 Å². The van der Waals surface area contributed by atoms with Crippen molar-refractivity contribution in [3.8, 4) is 0 Å². The van der Waals surface area contributed by atoms with Crippen LogP contribution in [-0.4, -0.2) is 31.1 Å². The lowest BCUT2D eigenvalue weighted by atomic mass is 10.00. The van der Waals surface area contributed by atoms with Crippen LogP contribution >= 0.6 is 22.6 Å². The first-order valence-corrected chi connectivity index (χ1v) is 7.63. The molecule has 1 aromatic rings. The summed E-state index contributed by atoms with van der Waals surface area (Å²) in [6, 6.07) is 9.58. The van der Waals surface area contributed by atoms with Crippen molar-refractivity contribution in [1.29, 1.82) is 0 Å². The Morgan fingerprint density at radius 1 is 1.18 bits per heavy atom. The Bertz CT molecular complexity index is 384. The van der Waals surface area contributed by atoms with E-state index in [1.54, 1.807) is 5.56 Å². The number of piperazine rings is 1. The van der Waals surface area contributed by atoms with Gasteiger partial charge in [0.05, 0.1) is 0 Å². The Balaban J connectivity index is 1.86. The molecule has 1 aliphatic heterocycles. The molecule has 1 saturated heterocycles. The second-order valence-electron chi connectivity index (χ2n) is 5.09. The first-order chi connectivity index (χ1) is 8.36. The van der Waals surface area contributed by atoms with Gasteiger partial charge in [0.25, 0.3) is 0 Å². The van der Waals surface area contributed by atoms with Crippen molar-refractivity contribution in [2.75, 3.05) is 26.2 Å². The average Bonchev–Trinajstić information content (AvgIpc) is 3.18. The van der Waals surface area contributed by atoms with Crippen LogP contribution in [0.3, 0.4) is 0 Å². The summed E-state index contributed by atoms with van der Waals surface area (Å²) in [4.78, 5) is 2.69. The zero-order chi connectivity index (χ0) is 11.7. The molecule has 1 N–H and O–H groups in total. The summed E-state index contributed by atoms with van der Waals surface area (Å²) in [7, 11) is 0. The van der Waals surface area contributed by atoms with Crippen molar-refractivity contribution in [3.05, 3.63) is 33.4 Å². The van der Waals surface area contributed by atoms with Crippen molar-refractivity contribution in [2.24, 2.45) is 5.92 Å². The Morgan fingerprint density at radius 3 is 2.53 bits per heavy atom. The van der Waals surface area contributed by atoms with Gasteiger partial charge in [-0.15, -0.1) is 0 Å². The Kier molecular flexibility index (Phi) is 3.68. The van der Waals surface area contributed by atoms with E-state index in [0.717, 1.165) is 19.0 Å². The summed E-state index contributed by atoms with van der Waals surface area (Å²) in [5, 5.41) is 3.45. The van der Waals surface area contributed by atoms with Crippen LogP contribution in [0.5, 0.6) is 0 Å². The zero-order valence-electron chi connectivity index (χ0n) is 10.0. The first kappa shape index (κ1) is 11.9. The summed E-state index contributed by atoms with van der Waals surface area (Å²) >= 11 is 2.49. The van der Waals surface area contributed by atoms with Crippen LogP contribution < -0.4 is 5.32 Å². The highest BCUT2D eigenvalue weighted by Gasteiger charge is 2.37. The minimum absolute atomic E-state index is 0.671. The number of hydrogen-bond donors (Lipinski definition) is 1. The average molecular weight is 342 g/mol. The van der Waals surface area contributed by atoms with Crippen LogP contribution in [0.25, 0.3) is 0 Å². The molecule has 3 rings (SSSR count). The second-order valence-corrected chi connectivity index (χ2v) is 6.25. The third kappa shape index (κ3) is 2.66. The molecule has 17 heavy (non-hydrogen) atoms. The smallest absolute Gasteiger partial charge is 0.0387 e. The van der Waals surface area contributed by atoms with Gasteiger partial charge in [-0.1, -0.05) is 18.2 Å². The highest BCUT2D eigenvalue weighted by atomic mass is 127. The highest BCUT2D eigenvalue weighted by molar-refractivity contribution is 14.1. The maximum atomic E-state index is 3.45. The lowest BCUT2D eigenvalue weighted by Crippen LogP contribution is -2.45. The minimum Gasteiger partial charge on any atom is -0.314 e. The maximum absolute atomic E-state index is 3.45. The van der Waals surface area contributed by atoms with E-state index >= 15 is 0 Å². The minimum atomic E-state index is 0.671. The Labute approximate surface area is 117 Å². The number of halogens is 1. The lowest BCUT2D eigenvalue weighted by molar-refractivity contribution is 0.155. The van der Waals surface area contributed by atoms with Gasteiger partial charge in [0.15, 0.2) is 0 Å². The van der Waals surface area contributed by atoms with Gasteiger partial charge in [-0.3, -0.25) is 4.90 Å². The maximum Gasteiger partial charge on any atom is 0.0387 e. The van der Waals surface area contributed by atoms with E-state index in [4.69, 9.17) is 0 Å². The van der Waals surface area contributed by atoms with E-state index in [-0.39, 0.29) is 0 Å². The molecule has 0 radical (unpaired) electrons. The molecule has 0 bridgehead atoms. The summed E-state index contributed by atoms with van der Waals surface area (Å²) in [6.07, 6.45) is 2.83.